The Bertz CT molecular complexity index is 854. The van der Waals surface area contributed by atoms with Crippen molar-refractivity contribution in [1.29, 1.82) is 0 Å². The molecule has 4 heteroatoms. The first-order valence-corrected chi connectivity index (χ1v) is 9.13. The molecular weight excluding hydrogens is 322 g/mol. The number of rotatable bonds is 5. The van der Waals surface area contributed by atoms with Crippen LogP contribution in [0.3, 0.4) is 0 Å². The molecule has 0 bridgehead atoms. The normalized spacial score (nSPS) is 16.7. The maximum Gasteiger partial charge on any atom is 0.158 e. The van der Waals surface area contributed by atoms with Crippen molar-refractivity contribution in [2.45, 2.75) is 40.2 Å². The van der Waals surface area contributed by atoms with E-state index in [0.717, 1.165) is 35.5 Å². The lowest BCUT2D eigenvalue weighted by molar-refractivity contribution is 0.0853. The summed E-state index contributed by atoms with van der Waals surface area (Å²) in [5.41, 5.74) is 7.95. The molecule has 2 aromatic rings. The van der Waals surface area contributed by atoms with Crippen LogP contribution in [-0.2, 0) is 4.84 Å². The van der Waals surface area contributed by atoms with Crippen molar-refractivity contribution in [3.8, 4) is 0 Å². The van der Waals surface area contributed by atoms with Gasteiger partial charge in [0.25, 0.3) is 0 Å². The van der Waals surface area contributed by atoms with Gasteiger partial charge in [-0.3, -0.25) is 0 Å². The van der Waals surface area contributed by atoms with Crippen molar-refractivity contribution >= 4 is 17.7 Å². The third kappa shape index (κ3) is 3.79. The second-order valence-corrected chi connectivity index (χ2v) is 6.96. The quantitative estimate of drug-likeness (QED) is 0.557. The van der Waals surface area contributed by atoms with E-state index in [-0.39, 0.29) is 6.10 Å². The fourth-order valence-corrected chi connectivity index (χ4v) is 3.14. The van der Waals surface area contributed by atoms with Gasteiger partial charge >= 0.3 is 0 Å². The molecule has 1 unspecified atom stereocenters. The molecule has 0 aromatic heterocycles. The second kappa shape index (κ2) is 7.73. The van der Waals surface area contributed by atoms with Crippen LogP contribution in [0.2, 0.25) is 0 Å². The molecule has 2 aromatic carbocycles. The number of oxime groups is 1. The number of hydrogen-bond donors (Lipinski definition) is 0. The molecule has 1 heterocycles. The number of benzene rings is 2. The van der Waals surface area contributed by atoms with Crippen LogP contribution in [0.5, 0.6) is 0 Å². The van der Waals surface area contributed by atoms with Gasteiger partial charge in [-0.25, -0.2) is 4.99 Å². The first-order chi connectivity index (χ1) is 12.5. The van der Waals surface area contributed by atoms with Crippen LogP contribution in [-0.4, -0.2) is 30.5 Å². The third-order valence-corrected chi connectivity index (χ3v) is 4.95. The second-order valence-electron chi connectivity index (χ2n) is 6.96. The molecule has 0 saturated carbocycles. The van der Waals surface area contributed by atoms with E-state index in [9.17, 15) is 0 Å². The molecule has 1 aliphatic heterocycles. The van der Waals surface area contributed by atoms with Gasteiger partial charge in [-0.15, -0.1) is 0 Å². The van der Waals surface area contributed by atoms with Gasteiger partial charge in [-0.2, -0.15) is 0 Å². The summed E-state index contributed by atoms with van der Waals surface area (Å²) in [4.78, 5) is 12.4. The van der Waals surface area contributed by atoms with E-state index in [4.69, 9.17) is 4.84 Å². The minimum absolute atomic E-state index is 0.00167. The SMILES string of the molecule is CCN(C)/C=N\c1cc(C)c(C2=NOC(c3ccccc3C)C2)cc1C. The molecule has 1 aliphatic rings. The molecule has 0 spiro atoms. The van der Waals surface area contributed by atoms with Gasteiger partial charge in [0.15, 0.2) is 6.10 Å². The van der Waals surface area contributed by atoms with E-state index < -0.39 is 0 Å². The predicted molar refractivity (Wildman–Crippen MR) is 109 cm³/mol. The highest BCUT2D eigenvalue weighted by Crippen LogP contribution is 2.33. The Morgan fingerprint density at radius 1 is 1.15 bits per heavy atom. The van der Waals surface area contributed by atoms with Crippen LogP contribution in [0, 0.1) is 20.8 Å². The van der Waals surface area contributed by atoms with Gasteiger partial charge in [-0.1, -0.05) is 29.4 Å². The highest BCUT2D eigenvalue weighted by atomic mass is 16.6. The van der Waals surface area contributed by atoms with Gasteiger partial charge in [0, 0.05) is 25.6 Å². The molecular formula is C22H27N3O. The Labute approximate surface area is 156 Å². The number of nitrogens with zero attached hydrogens (tertiary/aromatic N) is 3. The lowest BCUT2D eigenvalue weighted by Gasteiger charge is -2.12. The van der Waals surface area contributed by atoms with Crippen LogP contribution in [0.15, 0.2) is 46.5 Å². The molecule has 0 saturated heterocycles. The van der Waals surface area contributed by atoms with Crippen molar-refractivity contribution in [3.63, 3.8) is 0 Å². The molecule has 136 valence electrons. The fraction of sp³-hybridized carbons (Fsp3) is 0.364. The number of aliphatic imine (C=N–C) groups is 1. The standard InChI is InChI=1S/C22H27N3O/c1-6-25(5)14-23-20-12-16(3)19(11-17(20)4)21-13-22(26-24-21)18-10-8-7-9-15(18)2/h7-12,14,22H,6,13H2,1-5H3/b23-14-. The average molecular weight is 349 g/mol. The van der Waals surface area contributed by atoms with Gasteiger partial charge in [0.05, 0.1) is 17.7 Å². The number of hydrogen-bond acceptors (Lipinski definition) is 3. The van der Waals surface area contributed by atoms with Crippen molar-refractivity contribution in [2.24, 2.45) is 10.1 Å². The molecule has 4 nitrogen and oxygen atoms in total. The summed E-state index contributed by atoms with van der Waals surface area (Å²) in [6, 6.07) is 12.7. The summed E-state index contributed by atoms with van der Waals surface area (Å²) in [7, 11) is 2.02. The Morgan fingerprint density at radius 2 is 1.92 bits per heavy atom. The molecule has 0 N–H and O–H groups in total. The zero-order valence-electron chi connectivity index (χ0n) is 16.3. The summed E-state index contributed by atoms with van der Waals surface area (Å²) in [6.07, 6.45) is 2.68. The Kier molecular flexibility index (Phi) is 5.40. The summed E-state index contributed by atoms with van der Waals surface area (Å²) in [6.45, 7) is 9.37. The Balaban J connectivity index is 1.81. The van der Waals surface area contributed by atoms with Crippen LogP contribution < -0.4 is 0 Å². The molecule has 26 heavy (non-hydrogen) atoms. The van der Waals surface area contributed by atoms with E-state index in [1.807, 2.05) is 13.4 Å². The smallest absolute Gasteiger partial charge is 0.158 e. The summed E-state index contributed by atoms with van der Waals surface area (Å²) in [5.74, 6) is 0. The van der Waals surface area contributed by atoms with Crippen molar-refractivity contribution in [2.75, 3.05) is 13.6 Å². The lowest BCUT2D eigenvalue weighted by atomic mass is 9.94. The molecule has 0 amide bonds. The van der Waals surface area contributed by atoms with E-state index in [2.05, 4.69) is 79.1 Å². The minimum atomic E-state index is 0.00167. The van der Waals surface area contributed by atoms with E-state index in [0.29, 0.717) is 0 Å². The number of aryl methyl sites for hydroxylation is 3. The average Bonchev–Trinajstić information content (AvgIpc) is 3.11. The zero-order chi connectivity index (χ0) is 18.7. The highest BCUT2D eigenvalue weighted by molar-refractivity contribution is 6.03. The third-order valence-electron chi connectivity index (χ3n) is 4.95. The van der Waals surface area contributed by atoms with Crippen molar-refractivity contribution in [3.05, 3.63) is 64.2 Å². The van der Waals surface area contributed by atoms with Crippen LogP contribution in [0.25, 0.3) is 0 Å². The first-order valence-electron chi connectivity index (χ1n) is 9.13. The van der Waals surface area contributed by atoms with Gasteiger partial charge in [0.2, 0.25) is 0 Å². The molecule has 0 fully saturated rings. The van der Waals surface area contributed by atoms with E-state index in [1.54, 1.807) is 0 Å². The lowest BCUT2D eigenvalue weighted by Crippen LogP contribution is -2.14. The minimum Gasteiger partial charge on any atom is -0.387 e. The van der Waals surface area contributed by atoms with Gasteiger partial charge < -0.3 is 9.74 Å². The molecule has 0 radical (unpaired) electrons. The van der Waals surface area contributed by atoms with E-state index in [1.165, 1.54) is 16.7 Å². The highest BCUT2D eigenvalue weighted by Gasteiger charge is 2.26. The first kappa shape index (κ1) is 18.2. The molecule has 0 aliphatic carbocycles. The van der Waals surface area contributed by atoms with Crippen LogP contribution in [0.1, 0.15) is 47.3 Å². The van der Waals surface area contributed by atoms with Crippen molar-refractivity contribution < 1.29 is 4.84 Å². The predicted octanol–water partition coefficient (Wildman–Crippen LogP) is 5.09. The van der Waals surface area contributed by atoms with Crippen LogP contribution in [0.4, 0.5) is 5.69 Å². The summed E-state index contributed by atoms with van der Waals surface area (Å²) in [5, 5.41) is 4.39. The van der Waals surface area contributed by atoms with Gasteiger partial charge in [-0.05, 0) is 62.1 Å². The maximum absolute atomic E-state index is 5.76. The zero-order valence-corrected chi connectivity index (χ0v) is 16.3. The fourth-order valence-electron chi connectivity index (χ4n) is 3.14. The molecule has 1 atom stereocenters. The van der Waals surface area contributed by atoms with Gasteiger partial charge in [0.1, 0.15) is 0 Å². The monoisotopic (exact) mass is 349 g/mol. The van der Waals surface area contributed by atoms with Crippen molar-refractivity contribution in [1.82, 2.24) is 4.90 Å². The summed E-state index contributed by atoms with van der Waals surface area (Å²) < 4.78 is 0. The van der Waals surface area contributed by atoms with E-state index >= 15 is 0 Å². The Morgan fingerprint density at radius 3 is 2.65 bits per heavy atom. The maximum atomic E-state index is 5.76. The Hall–Kier alpha value is -2.62. The molecule has 3 rings (SSSR count). The largest absolute Gasteiger partial charge is 0.387 e. The summed E-state index contributed by atoms with van der Waals surface area (Å²) >= 11 is 0. The van der Waals surface area contributed by atoms with Crippen LogP contribution >= 0.6 is 0 Å². The topological polar surface area (TPSA) is 37.2 Å².